The molecule has 1 aliphatic heterocycles. The van der Waals surface area contributed by atoms with Gasteiger partial charge in [0, 0.05) is 19.1 Å². The molecule has 1 fully saturated rings. The Morgan fingerprint density at radius 3 is 2.69 bits per heavy atom. The first-order chi connectivity index (χ1) is 7.29. The quantitative estimate of drug-likeness (QED) is 0.763. The van der Waals surface area contributed by atoms with Crippen molar-refractivity contribution in [3.8, 4) is 0 Å². The number of nitrogens with zero attached hydrogens (tertiary/aromatic N) is 1. The van der Waals surface area contributed by atoms with E-state index >= 15 is 0 Å². The van der Waals surface area contributed by atoms with Gasteiger partial charge in [0.2, 0.25) is 15.9 Å². The third kappa shape index (κ3) is 4.39. The molecule has 1 aliphatic rings. The van der Waals surface area contributed by atoms with Gasteiger partial charge < -0.3 is 4.90 Å². The normalized spacial score (nSPS) is 24.2. The van der Waals surface area contributed by atoms with E-state index in [4.69, 9.17) is 0 Å². The van der Waals surface area contributed by atoms with E-state index in [1.807, 2.05) is 0 Å². The molecule has 0 radical (unpaired) electrons. The van der Waals surface area contributed by atoms with Crippen LogP contribution in [0.15, 0.2) is 0 Å². The molecule has 1 amide bonds. The van der Waals surface area contributed by atoms with Crippen LogP contribution in [0.25, 0.3) is 0 Å². The van der Waals surface area contributed by atoms with Crippen LogP contribution < -0.4 is 4.72 Å². The van der Waals surface area contributed by atoms with Crippen molar-refractivity contribution in [3.63, 3.8) is 0 Å². The third-order valence-electron chi connectivity index (χ3n) is 2.45. The van der Waals surface area contributed by atoms with Crippen LogP contribution in [0.1, 0.15) is 19.8 Å². The summed E-state index contributed by atoms with van der Waals surface area (Å²) < 4.78 is 24.7. The lowest BCUT2D eigenvalue weighted by Gasteiger charge is -2.33. The van der Waals surface area contributed by atoms with Gasteiger partial charge >= 0.3 is 0 Å². The summed E-state index contributed by atoms with van der Waals surface area (Å²) in [6.45, 7) is 2.94. The van der Waals surface area contributed by atoms with Crippen molar-refractivity contribution in [3.05, 3.63) is 0 Å². The number of hydrogen-bond acceptors (Lipinski definition) is 3. The van der Waals surface area contributed by atoms with Gasteiger partial charge in [-0.15, -0.1) is 0 Å². The van der Waals surface area contributed by atoms with Crippen LogP contribution in [-0.4, -0.2) is 49.4 Å². The predicted molar refractivity (Wildman–Crippen MR) is 66.0 cm³/mol. The van der Waals surface area contributed by atoms with E-state index in [2.05, 4.69) is 20.7 Å². The summed E-state index contributed by atoms with van der Waals surface area (Å²) in [6, 6.07) is -0.154. The molecule has 94 valence electrons. The molecule has 0 aliphatic carbocycles. The number of alkyl halides is 1. The second kappa shape index (κ2) is 5.46. The molecule has 16 heavy (non-hydrogen) atoms. The minimum atomic E-state index is -3.19. The highest BCUT2D eigenvalue weighted by Crippen LogP contribution is 2.14. The van der Waals surface area contributed by atoms with E-state index in [9.17, 15) is 13.2 Å². The molecule has 0 spiro atoms. The summed E-state index contributed by atoms with van der Waals surface area (Å²) in [5.41, 5.74) is 0. The molecule has 2 atom stereocenters. The van der Waals surface area contributed by atoms with Crippen LogP contribution in [0.3, 0.4) is 0 Å². The number of nitrogens with one attached hydrogen (secondary N) is 1. The maximum Gasteiger partial charge on any atom is 0.236 e. The average Bonchev–Trinajstić information content (AvgIpc) is 2.14. The lowest BCUT2D eigenvalue weighted by molar-refractivity contribution is -0.131. The van der Waals surface area contributed by atoms with E-state index in [0.29, 0.717) is 13.1 Å². The summed E-state index contributed by atoms with van der Waals surface area (Å²) in [5, 5.41) is 0. The largest absolute Gasteiger partial charge is 0.340 e. The first-order valence-electron chi connectivity index (χ1n) is 5.20. The number of sulfonamides is 1. The Morgan fingerprint density at radius 2 is 2.19 bits per heavy atom. The van der Waals surface area contributed by atoms with Crippen molar-refractivity contribution < 1.29 is 13.2 Å². The topological polar surface area (TPSA) is 66.5 Å². The molecule has 0 saturated carbocycles. The van der Waals surface area contributed by atoms with Gasteiger partial charge in [0.25, 0.3) is 0 Å². The van der Waals surface area contributed by atoms with Gasteiger partial charge in [-0.05, 0) is 19.8 Å². The first kappa shape index (κ1) is 13.9. The Labute approximate surface area is 105 Å². The number of amides is 1. The van der Waals surface area contributed by atoms with Crippen LogP contribution >= 0.6 is 15.9 Å². The Hall–Kier alpha value is -0.140. The van der Waals surface area contributed by atoms with Crippen LogP contribution in [0.4, 0.5) is 0 Å². The van der Waals surface area contributed by atoms with Crippen molar-refractivity contribution >= 4 is 31.9 Å². The SMILES string of the molecule is CC(Br)C(=O)N1CCCC(NS(C)(=O)=O)C1. The van der Waals surface area contributed by atoms with E-state index < -0.39 is 10.0 Å². The van der Waals surface area contributed by atoms with E-state index in [-0.39, 0.29) is 16.8 Å². The molecule has 0 aromatic heterocycles. The van der Waals surface area contributed by atoms with E-state index in [0.717, 1.165) is 19.1 Å². The molecule has 1 rings (SSSR count). The molecule has 1 N–H and O–H groups in total. The minimum Gasteiger partial charge on any atom is -0.340 e. The number of piperidine rings is 1. The van der Waals surface area contributed by atoms with Crippen molar-refractivity contribution in [1.82, 2.24) is 9.62 Å². The molecule has 2 unspecified atom stereocenters. The van der Waals surface area contributed by atoms with Gasteiger partial charge in [-0.2, -0.15) is 0 Å². The number of halogens is 1. The number of hydrogen-bond donors (Lipinski definition) is 1. The summed E-state index contributed by atoms with van der Waals surface area (Å²) in [6.07, 6.45) is 2.76. The Balaban J connectivity index is 2.57. The van der Waals surface area contributed by atoms with Gasteiger partial charge in [0.15, 0.2) is 0 Å². The molecule has 0 aromatic rings. The lowest BCUT2D eigenvalue weighted by Crippen LogP contribution is -2.50. The van der Waals surface area contributed by atoms with Crippen molar-refractivity contribution in [2.45, 2.75) is 30.6 Å². The molecule has 7 heteroatoms. The van der Waals surface area contributed by atoms with Gasteiger partial charge in [0.1, 0.15) is 0 Å². The minimum absolute atomic E-state index is 0.0139. The number of carbonyl (C=O) groups excluding carboxylic acids is 1. The predicted octanol–water partition coefficient (Wildman–Crippen LogP) is 0.310. The van der Waals surface area contributed by atoms with Crippen molar-refractivity contribution in [2.24, 2.45) is 0 Å². The summed E-state index contributed by atoms with van der Waals surface area (Å²) in [7, 11) is -3.19. The van der Waals surface area contributed by atoms with E-state index in [1.54, 1.807) is 11.8 Å². The van der Waals surface area contributed by atoms with Crippen LogP contribution in [0.5, 0.6) is 0 Å². The summed E-state index contributed by atoms with van der Waals surface area (Å²) in [5.74, 6) is 0.0139. The van der Waals surface area contributed by atoms with Gasteiger partial charge in [0.05, 0.1) is 11.1 Å². The highest BCUT2D eigenvalue weighted by Gasteiger charge is 2.26. The fourth-order valence-corrected chi connectivity index (χ4v) is 2.92. The number of carbonyl (C=O) groups is 1. The van der Waals surface area contributed by atoms with Gasteiger partial charge in [-0.1, -0.05) is 15.9 Å². The van der Waals surface area contributed by atoms with Crippen LogP contribution in [0.2, 0.25) is 0 Å². The molecule has 5 nitrogen and oxygen atoms in total. The maximum absolute atomic E-state index is 11.7. The Kier molecular flexibility index (Phi) is 4.75. The fourth-order valence-electron chi connectivity index (χ4n) is 1.83. The third-order valence-corrected chi connectivity index (χ3v) is 3.61. The summed E-state index contributed by atoms with van der Waals surface area (Å²) in [4.78, 5) is 13.2. The Bertz CT molecular complexity index is 356. The average molecular weight is 313 g/mol. The molecular weight excluding hydrogens is 296 g/mol. The van der Waals surface area contributed by atoms with Gasteiger partial charge in [-0.3, -0.25) is 4.79 Å². The standard InChI is InChI=1S/C9H17BrN2O3S/c1-7(10)9(13)12-5-3-4-8(6-12)11-16(2,14)15/h7-8,11H,3-6H2,1-2H3. The summed E-state index contributed by atoms with van der Waals surface area (Å²) >= 11 is 3.23. The van der Waals surface area contributed by atoms with E-state index in [1.165, 1.54) is 0 Å². The lowest BCUT2D eigenvalue weighted by atomic mass is 10.1. The number of likely N-dealkylation sites (tertiary alicyclic amines) is 1. The van der Waals surface area contributed by atoms with Crippen LogP contribution in [0, 0.1) is 0 Å². The van der Waals surface area contributed by atoms with Gasteiger partial charge in [-0.25, -0.2) is 13.1 Å². The molecule has 1 saturated heterocycles. The monoisotopic (exact) mass is 312 g/mol. The zero-order valence-corrected chi connectivity index (χ0v) is 11.8. The molecular formula is C9H17BrN2O3S. The fraction of sp³-hybridized carbons (Fsp3) is 0.889. The van der Waals surface area contributed by atoms with Crippen molar-refractivity contribution in [2.75, 3.05) is 19.3 Å². The highest BCUT2D eigenvalue weighted by atomic mass is 79.9. The zero-order chi connectivity index (χ0) is 12.3. The smallest absolute Gasteiger partial charge is 0.236 e. The molecule has 0 aromatic carbocycles. The maximum atomic E-state index is 11.7. The van der Waals surface area contributed by atoms with Crippen molar-refractivity contribution in [1.29, 1.82) is 0 Å². The number of rotatable bonds is 3. The zero-order valence-electron chi connectivity index (χ0n) is 9.44. The Morgan fingerprint density at radius 1 is 1.56 bits per heavy atom. The first-order valence-corrected chi connectivity index (χ1v) is 8.00. The highest BCUT2D eigenvalue weighted by molar-refractivity contribution is 9.10. The molecule has 0 bridgehead atoms. The molecule has 1 heterocycles. The second-order valence-corrected chi connectivity index (χ2v) is 7.28. The van der Waals surface area contributed by atoms with Crippen LogP contribution in [-0.2, 0) is 14.8 Å². The second-order valence-electron chi connectivity index (χ2n) is 4.13.